The summed E-state index contributed by atoms with van der Waals surface area (Å²) in [5.74, 6) is -0.840. The molecule has 8 heteroatoms. The van der Waals surface area contributed by atoms with Crippen molar-refractivity contribution in [2.45, 2.75) is 32.9 Å². The molecule has 1 N–H and O–H groups in total. The lowest BCUT2D eigenvalue weighted by atomic mass is 9.99. The minimum Gasteiger partial charge on any atom is -0.494 e. The fraction of sp³-hybridized carbons (Fsp3) is 0.208. The molecule has 0 fully saturated rings. The van der Waals surface area contributed by atoms with E-state index < -0.39 is 23.3 Å². The monoisotopic (exact) mass is 470 g/mol. The quantitative estimate of drug-likeness (QED) is 0.493. The van der Waals surface area contributed by atoms with Crippen LogP contribution >= 0.6 is 23.2 Å². The van der Waals surface area contributed by atoms with Gasteiger partial charge in [-0.1, -0.05) is 53.5 Å². The molecule has 0 aliphatic rings. The van der Waals surface area contributed by atoms with E-state index in [1.54, 1.807) is 6.07 Å². The summed E-state index contributed by atoms with van der Waals surface area (Å²) in [7, 11) is 0. The zero-order valence-electron chi connectivity index (χ0n) is 17.4. The Kier molecular flexibility index (Phi) is 7.24. The molecule has 3 aromatic rings. The van der Waals surface area contributed by atoms with E-state index in [-0.39, 0.29) is 34.0 Å². The van der Waals surface area contributed by atoms with Gasteiger partial charge >= 0.3 is 0 Å². The summed E-state index contributed by atoms with van der Waals surface area (Å²) < 4.78 is 6.73. The third-order valence-electron chi connectivity index (χ3n) is 5.08. The number of nitrogens with zero attached hydrogens (tertiary/aromatic N) is 2. The Bertz CT molecular complexity index is 1260. The molecule has 6 nitrogen and oxygen atoms in total. The summed E-state index contributed by atoms with van der Waals surface area (Å²) in [4.78, 5) is 26.0. The topological polar surface area (TPSA) is 92.3 Å². The van der Waals surface area contributed by atoms with Crippen LogP contribution in [0.1, 0.15) is 34.0 Å². The maximum atomic E-state index is 13.2. The molecule has 1 unspecified atom stereocenters. The fourth-order valence-corrected chi connectivity index (χ4v) is 3.81. The lowest BCUT2D eigenvalue weighted by Gasteiger charge is -2.19. The van der Waals surface area contributed by atoms with Gasteiger partial charge in [0.25, 0.3) is 5.56 Å². The molecule has 0 spiro atoms. The summed E-state index contributed by atoms with van der Waals surface area (Å²) in [6, 6.07) is 15.8. The average molecular weight is 471 g/mol. The number of rotatable bonds is 7. The van der Waals surface area contributed by atoms with E-state index in [0.717, 1.165) is 10.1 Å². The summed E-state index contributed by atoms with van der Waals surface area (Å²) in [5, 5.41) is 21.0. The van der Waals surface area contributed by atoms with Crippen LogP contribution in [-0.2, 0) is 13.0 Å². The maximum Gasteiger partial charge on any atom is 0.271 e. The number of aromatic nitrogens is 1. The number of nitriles is 1. The minimum absolute atomic E-state index is 0.0994. The predicted molar refractivity (Wildman–Crippen MR) is 123 cm³/mol. The van der Waals surface area contributed by atoms with Gasteiger partial charge in [0.05, 0.1) is 10.6 Å². The van der Waals surface area contributed by atoms with Gasteiger partial charge in [0.15, 0.2) is 6.10 Å². The Hall–Kier alpha value is -3.27. The van der Waals surface area contributed by atoms with E-state index in [0.29, 0.717) is 11.4 Å². The van der Waals surface area contributed by atoms with Gasteiger partial charge in [-0.25, -0.2) is 0 Å². The highest BCUT2D eigenvalue weighted by Gasteiger charge is 2.28. The van der Waals surface area contributed by atoms with Gasteiger partial charge in [0, 0.05) is 11.6 Å². The van der Waals surface area contributed by atoms with Crippen LogP contribution in [0.15, 0.2) is 53.3 Å². The number of ether oxygens (including phenoxy) is 1. The molecule has 1 aromatic heterocycles. The lowest BCUT2D eigenvalue weighted by molar-refractivity contribution is 0.0812. The lowest BCUT2D eigenvalue weighted by Crippen LogP contribution is -2.31. The number of pyridine rings is 1. The molecule has 2 aromatic carbocycles. The third-order valence-corrected chi connectivity index (χ3v) is 5.61. The van der Waals surface area contributed by atoms with E-state index in [9.17, 15) is 20.0 Å². The van der Waals surface area contributed by atoms with Crippen molar-refractivity contribution in [1.82, 2.24) is 4.57 Å². The number of benzene rings is 2. The van der Waals surface area contributed by atoms with Crippen LogP contribution in [0, 0.1) is 18.3 Å². The Balaban J connectivity index is 1.98. The minimum atomic E-state index is -1.05. The molecular formula is C24H20Cl2N2O4. The Morgan fingerprint density at radius 3 is 2.53 bits per heavy atom. The van der Waals surface area contributed by atoms with E-state index in [1.165, 1.54) is 26.0 Å². The van der Waals surface area contributed by atoms with Crippen LogP contribution < -0.4 is 10.3 Å². The summed E-state index contributed by atoms with van der Waals surface area (Å²) in [6.07, 6.45) is -0.618. The molecule has 0 aliphatic carbocycles. The largest absolute Gasteiger partial charge is 0.494 e. The van der Waals surface area contributed by atoms with Gasteiger partial charge in [-0.15, -0.1) is 0 Å². The highest BCUT2D eigenvalue weighted by molar-refractivity contribution is 6.35. The van der Waals surface area contributed by atoms with Gasteiger partial charge in [-0.2, -0.15) is 5.26 Å². The van der Waals surface area contributed by atoms with Crippen molar-refractivity contribution in [1.29, 1.82) is 5.26 Å². The zero-order valence-corrected chi connectivity index (χ0v) is 18.9. The summed E-state index contributed by atoms with van der Waals surface area (Å²) >= 11 is 12.0. The molecule has 0 radical (unpaired) electrons. The van der Waals surface area contributed by atoms with E-state index in [1.807, 2.05) is 36.4 Å². The van der Waals surface area contributed by atoms with Crippen LogP contribution in [-0.4, -0.2) is 21.6 Å². The number of carbonyl (C=O) groups excluding carboxylic acids is 1. The van der Waals surface area contributed by atoms with Crippen molar-refractivity contribution in [2.24, 2.45) is 0 Å². The average Bonchev–Trinajstić information content (AvgIpc) is 2.76. The van der Waals surface area contributed by atoms with Crippen LogP contribution in [0.3, 0.4) is 0 Å². The molecule has 0 bridgehead atoms. The standard InChI is InChI=1S/C24H20Cl2N2O4/c1-14-18(13-27)23(30)28(11-10-16-6-4-3-5-7-16)24(31)21(14)22(29)15(2)32-20-9-8-17(25)12-19(20)26/h3-9,12,15,31H,10-11H2,1-2H3. The normalized spacial score (nSPS) is 11.6. The molecular weight excluding hydrogens is 451 g/mol. The van der Waals surface area contributed by atoms with E-state index in [4.69, 9.17) is 27.9 Å². The zero-order chi connectivity index (χ0) is 23.4. The van der Waals surface area contributed by atoms with Gasteiger partial charge in [-0.05, 0) is 49.6 Å². The number of aryl methyl sites for hydroxylation is 1. The van der Waals surface area contributed by atoms with Crippen LogP contribution in [0.25, 0.3) is 0 Å². The first-order valence-corrected chi connectivity index (χ1v) is 10.6. The van der Waals surface area contributed by atoms with Crippen LogP contribution in [0.4, 0.5) is 0 Å². The number of ketones is 1. The van der Waals surface area contributed by atoms with Crippen LogP contribution in [0.5, 0.6) is 11.6 Å². The first kappa shape index (κ1) is 23.4. The Labute approximate surface area is 195 Å². The molecule has 1 atom stereocenters. The number of aromatic hydroxyl groups is 1. The van der Waals surface area contributed by atoms with E-state index >= 15 is 0 Å². The van der Waals surface area contributed by atoms with Crippen molar-refractivity contribution < 1.29 is 14.6 Å². The Morgan fingerprint density at radius 2 is 1.91 bits per heavy atom. The Morgan fingerprint density at radius 1 is 1.22 bits per heavy atom. The molecule has 1 heterocycles. The number of carbonyl (C=O) groups is 1. The number of hydrogen-bond acceptors (Lipinski definition) is 5. The molecule has 32 heavy (non-hydrogen) atoms. The fourth-order valence-electron chi connectivity index (χ4n) is 3.36. The van der Waals surface area contributed by atoms with Crippen molar-refractivity contribution >= 4 is 29.0 Å². The van der Waals surface area contributed by atoms with Gasteiger partial charge < -0.3 is 9.84 Å². The number of hydrogen-bond donors (Lipinski definition) is 1. The van der Waals surface area contributed by atoms with Gasteiger partial charge in [-0.3, -0.25) is 14.2 Å². The first-order chi connectivity index (χ1) is 15.2. The van der Waals surface area contributed by atoms with E-state index in [2.05, 4.69) is 0 Å². The third kappa shape index (κ3) is 4.80. The second kappa shape index (κ2) is 9.90. The molecule has 164 valence electrons. The summed E-state index contributed by atoms with van der Waals surface area (Å²) in [5.41, 5.74) is 0.0699. The smallest absolute Gasteiger partial charge is 0.271 e. The molecule has 3 rings (SSSR count). The van der Waals surface area contributed by atoms with Gasteiger partial charge in [0.2, 0.25) is 11.7 Å². The molecule has 0 saturated carbocycles. The maximum absolute atomic E-state index is 13.2. The van der Waals surface area contributed by atoms with Crippen molar-refractivity contribution in [3.8, 4) is 17.7 Å². The molecule has 0 saturated heterocycles. The second-order valence-electron chi connectivity index (χ2n) is 7.20. The van der Waals surface area contributed by atoms with Gasteiger partial charge in [0.1, 0.15) is 17.4 Å². The van der Waals surface area contributed by atoms with Crippen molar-refractivity contribution in [3.05, 3.63) is 91.2 Å². The number of halogens is 2. The SMILES string of the molecule is Cc1c(C(=O)C(C)Oc2ccc(Cl)cc2Cl)c(O)n(CCc2ccccc2)c(=O)c1C#N. The predicted octanol–water partition coefficient (Wildman–Crippen LogP) is 4.93. The van der Waals surface area contributed by atoms with Crippen LogP contribution in [0.2, 0.25) is 10.0 Å². The van der Waals surface area contributed by atoms with Crippen molar-refractivity contribution in [3.63, 3.8) is 0 Å². The highest BCUT2D eigenvalue weighted by atomic mass is 35.5. The number of Topliss-reactive ketones (excluding diaryl/α,β-unsaturated/α-hetero) is 1. The van der Waals surface area contributed by atoms with Crippen molar-refractivity contribution in [2.75, 3.05) is 0 Å². The summed E-state index contributed by atoms with van der Waals surface area (Å²) in [6.45, 7) is 3.05. The first-order valence-electron chi connectivity index (χ1n) is 9.80. The molecule has 0 aliphatic heterocycles. The molecule has 0 amide bonds. The highest BCUT2D eigenvalue weighted by Crippen LogP contribution is 2.30. The second-order valence-corrected chi connectivity index (χ2v) is 8.05.